The number of pyridine rings is 1. The van der Waals surface area contributed by atoms with Crippen molar-refractivity contribution in [1.82, 2.24) is 14.5 Å². The van der Waals surface area contributed by atoms with E-state index >= 15 is 0 Å². The Bertz CT molecular complexity index is 7060. The average molecular weight is 1310 g/mol. The van der Waals surface area contributed by atoms with Gasteiger partial charge in [0.15, 0.2) is 0 Å². The summed E-state index contributed by atoms with van der Waals surface area (Å²) in [6, 6.07) is 130. The summed E-state index contributed by atoms with van der Waals surface area (Å²) in [5, 5.41) is 21.9. The molecule has 0 aliphatic heterocycles. The molecule has 18 aromatic carbocycles. The summed E-state index contributed by atoms with van der Waals surface area (Å²) in [6.45, 7) is 0. The second kappa shape index (κ2) is 23.3. The van der Waals surface area contributed by atoms with E-state index in [0.29, 0.717) is 0 Å². The third-order valence-corrected chi connectivity index (χ3v) is 22.5. The van der Waals surface area contributed by atoms with Crippen LogP contribution in [-0.2, 0) is 0 Å². The van der Waals surface area contributed by atoms with Gasteiger partial charge < -0.3 is 0 Å². The predicted octanol–water partition coefficient (Wildman–Crippen LogP) is 27.4. The maximum absolute atomic E-state index is 5.31. The molecule has 21 rings (SSSR count). The summed E-state index contributed by atoms with van der Waals surface area (Å²) in [7, 11) is 0. The van der Waals surface area contributed by atoms with Crippen LogP contribution in [0.25, 0.3) is 212 Å². The van der Waals surface area contributed by atoms with E-state index in [2.05, 4.69) is 356 Å². The topological polar surface area (TPSA) is 30.7 Å². The van der Waals surface area contributed by atoms with Crippen LogP contribution >= 0.6 is 11.3 Å². The van der Waals surface area contributed by atoms with Crippen molar-refractivity contribution in [3.63, 3.8) is 0 Å². The summed E-state index contributed by atoms with van der Waals surface area (Å²) < 4.78 is 4.68. The number of para-hydroxylation sites is 3. The van der Waals surface area contributed by atoms with Crippen LogP contribution in [0.5, 0.6) is 0 Å². The van der Waals surface area contributed by atoms with Crippen LogP contribution in [0, 0.1) is 0 Å². The largest absolute Gasteiger partial charge is 0.292 e. The zero-order valence-corrected chi connectivity index (χ0v) is 56.1. The lowest BCUT2D eigenvalue weighted by Gasteiger charge is -2.20. The third kappa shape index (κ3) is 9.42. The number of nitrogens with zero attached hydrogens (tertiary/aromatic N) is 3. The fraction of sp³-hybridized carbons (Fsp3) is 0. The summed E-state index contributed by atoms with van der Waals surface area (Å²) in [6.07, 6.45) is 2.02. The van der Waals surface area contributed by atoms with Crippen molar-refractivity contribution >= 4 is 129 Å². The van der Waals surface area contributed by atoms with Crippen LogP contribution in [0.2, 0.25) is 0 Å². The highest BCUT2D eigenvalue weighted by atomic mass is 32.1. The molecule has 0 fully saturated rings. The fourth-order valence-electron chi connectivity index (χ4n) is 16.5. The van der Waals surface area contributed by atoms with Crippen LogP contribution in [0.4, 0.5) is 0 Å². The lowest BCUT2D eigenvalue weighted by Crippen LogP contribution is -1.97. The molecule has 0 radical (unpaired) electrons. The molecule has 472 valence electrons. The molecule has 4 heteroatoms. The van der Waals surface area contributed by atoms with E-state index in [-0.39, 0.29) is 0 Å². The first-order chi connectivity index (χ1) is 50.5. The van der Waals surface area contributed by atoms with Crippen LogP contribution in [0.3, 0.4) is 0 Å². The highest BCUT2D eigenvalue weighted by Crippen LogP contribution is 2.51. The Morgan fingerprint density at radius 1 is 0.235 bits per heavy atom. The lowest BCUT2D eigenvalue weighted by molar-refractivity contribution is 1.10. The van der Waals surface area contributed by atoms with E-state index in [1.807, 2.05) is 17.5 Å². The van der Waals surface area contributed by atoms with E-state index in [4.69, 9.17) is 9.97 Å². The smallest absolute Gasteiger partial charge is 0.145 e. The quantitative estimate of drug-likeness (QED) is 0.135. The Morgan fingerprint density at radius 3 is 1.13 bits per heavy atom. The van der Waals surface area contributed by atoms with E-state index < -0.39 is 0 Å². The number of thiophene rings is 1. The van der Waals surface area contributed by atoms with Gasteiger partial charge in [0.25, 0.3) is 0 Å². The standard InChI is InChI=1S/C98H59N3S/c1-2-24-78(25-3-1)101-90-29-15-14-28-89(90)100-98(101)65-36-30-64(31-37-65)70-42-46-82-86(57-70)94(75-40-34-62-18-6-10-22-68(62)54-75)83-47-43-71(58-87(83)95(82)76-41-35-63-19-7-11-23-69(63)55-76)72-45-49-91-85(56-72)84-50-51-99-96(97(84)102-91)77-44-48-81-88(59-77)93(74-39-33-61-17-5-9-21-67(61)53-74)80-27-13-12-26-79(80)92(81)73-38-32-60-16-4-8-20-66(60)52-73/h1-59H. The molecule has 0 spiro atoms. The zero-order chi connectivity index (χ0) is 66.9. The number of hydrogen-bond donors (Lipinski definition) is 0. The number of fused-ring (bicyclic) bond motifs is 12. The number of aromatic nitrogens is 3. The highest BCUT2D eigenvalue weighted by molar-refractivity contribution is 7.26. The monoisotopic (exact) mass is 1310 g/mol. The third-order valence-electron chi connectivity index (χ3n) is 21.3. The Balaban J connectivity index is 0.734. The van der Waals surface area contributed by atoms with Gasteiger partial charge in [-0.15, -0.1) is 11.3 Å². The molecule has 3 heterocycles. The van der Waals surface area contributed by atoms with E-state index in [0.717, 1.165) is 61.6 Å². The molecule has 0 bridgehead atoms. The molecule has 0 N–H and O–H groups in total. The first-order valence-electron chi connectivity index (χ1n) is 35.0. The Labute approximate surface area is 592 Å². The molecule has 0 amide bonds. The van der Waals surface area contributed by atoms with Crippen molar-refractivity contribution in [2.45, 2.75) is 0 Å². The number of imidazole rings is 1. The van der Waals surface area contributed by atoms with Gasteiger partial charge >= 0.3 is 0 Å². The first-order valence-corrected chi connectivity index (χ1v) is 35.8. The van der Waals surface area contributed by atoms with Gasteiger partial charge in [-0.25, -0.2) is 4.98 Å². The summed E-state index contributed by atoms with van der Waals surface area (Å²) in [5.41, 5.74) is 20.5. The number of hydrogen-bond acceptors (Lipinski definition) is 3. The molecule has 102 heavy (non-hydrogen) atoms. The van der Waals surface area contributed by atoms with Crippen molar-refractivity contribution in [1.29, 1.82) is 0 Å². The zero-order valence-electron chi connectivity index (χ0n) is 55.3. The minimum absolute atomic E-state index is 0.914. The molecule has 0 saturated carbocycles. The predicted molar refractivity (Wildman–Crippen MR) is 435 cm³/mol. The molecule has 3 nitrogen and oxygen atoms in total. The molecular weight excluding hydrogens is 1250 g/mol. The molecule has 0 saturated heterocycles. The molecule has 0 atom stereocenters. The maximum atomic E-state index is 5.31. The molecule has 0 unspecified atom stereocenters. The Kier molecular flexibility index (Phi) is 13.2. The minimum Gasteiger partial charge on any atom is -0.292 e. The van der Waals surface area contributed by atoms with Gasteiger partial charge in [0.05, 0.1) is 21.4 Å². The SMILES string of the molecule is c1ccc(-n2c(-c3ccc(-c4ccc5c(-c6ccc7ccccc7c6)c6cc(-c7ccc8sc9c(-c%10ccc%11c(-c%12ccc%13ccccc%13c%12)c%12ccccc%12c(-c%12ccc%13ccccc%13c%12)c%11c%10)nccc9c8c7)ccc6c(-c6ccc7ccccc7c6)c5c4)cc3)nc3ccccc32)cc1. The molecule has 21 aromatic rings. The summed E-state index contributed by atoms with van der Waals surface area (Å²) in [5.74, 6) is 0.914. The van der Waals surface area contributed by atoms with Crippen molar-refractivity contribution in [2.75, 3.05) is 0 Å². The highest BCUT2D eigenvalue weighted by Gasteiger charge is 2.24. The molecule has 0 aliphatic rings. The van der Waals surface area contributed by atoms with E-state index in [1.54, 1.807) is 0 Å². The first kappa shape index (κ1) is 57.9. The van der Waals surface area contributed by atoms with Gasteiger partial charge in [-0.1, -0.05) is 267 Å². The van der Waals surface area contributed by atoms with Crippen LogP contribution in [-0.4, -0.2) is 14.5 Å². The second-order valence-corrected chi connectivity index (χ2v) is 28.1. The second-order valence-electron chi connectivity index (χ2n) is 27.1. The van der Waals surface area contributed by atoms with Gasteiger partial charge in [0.1, 0.15) is 5.82 Å². The Hall–Kier alpha value is -13.1. The van der Waals surface area contributed by atoms with Gasteiger partial charge in [0, 0.05) is 38.5 Å². The lowest BCUT2D eigenvalue weighted by atomic mass is 9.83. The molecular formula is C98H59N3S. The fourth-order valence-corrected chi connectivity index (χ4v) is 17.7. The van der Waals surface area contributed by atoms with Gasteiger partial charge in [0.2, 0.25) is 0 Å². The van der Waals surface area contributed by atoms with Crippen molar-refractivity contribution < 1.29 is 0 Å². The van der Waals surface area contributed by atoms with Gasteiger partial charge in [-0.2, -0.15) is 0 Å². The van der Waals surface area contributed by atoms with Gasteiger partial charge in [-0.3, -0.25) is 9.55 Å². The van der Waals surface area contributed by atoms with Crippen molar-refractivity contribution in [3.05, 3.63) is 358 Å². The van der Waals surface area contributed by atoms with Gasteiger partial charge in [-0.05, 0) is 238 Å². The van der Waals surface area contributed by atoms with Crippen LogP contribution < -0.4 is 0 Å². The number of rotatable bonds is 9. The molecule has 3 aromatic heterocycles. The van der Waals surface area contributed by atoms with E-state index in [9.17, 15) is 0 Å². The summed E-state index contributed by atoms with van der Waals surface area (Å²) >= 11 is 1.84. The Morgan fingerprint density at radius 2 is 0.608 bits per heavy atom. The normalized spacial score (nSPS) is 11.9. The molecule has 0 aliphatic carbocycles. The average Bonchev–Trinajstić information content (AvgIpc) is 1.08. The minimum atomic E-state index is 0.914. The summed E-state index contributed by atoms with van der Waals surface area (Å²) in [4.78, 5) is 10.5. The van der Waals surface area contributed by atoms with Crippen LogP contribution in [0.1, 0.15) is 0 Å². The maximum Gasteiger partial charge on any atom is 0.145 e. The number of benzene rings is 18. The van der Waals surface area contributed by atoms with Crippen LogP contribution in [0.15, 0.2) is 358 Å². The van der Waals surface area contributed by atoms with Crippen molar-refractivity contribution in [2.24, 2.45) is 0 Å². The van der Waals surface area contributed by atoms with Crippen molar-refractivity contribution in [3.8, 4) is 95.1 Å². The van der Waals surface area contributed by atoms with E-state index in [1.165, 1.54) is 151 Å².